The minimum Gasteiger partial charge on any atom is -0.507 e. The van der Waals surface area contributed by atoms with Gasteiger partial charge < -0.3 is 39.4 Å². The molecule has 2 aromatic carbocycles. The van der Waals surface area contributed by atoms with Gasteiger partial charge in [0.05, 0.1) is 61.4 Å². The van der Waals surface area contributed by atoms with Gasteiger partial charge in [0.25, 0.3) is 0 Å². The van der Waals surface area contributed by atoms with Crippen LogP contribution in [0.25, 0.3) is 0 Å². The number of carbonyl (C=O) groups excluding carboxylic acids is 3. The number of phenolic OH excluding ortho intramolecular Hbond substituents is 2. The number of ketones is 3. The molecule has 4 N–H and O–H groups in total. The van der Waals surface area contributed by atoms with Crippen LogP contribution >= 0.6 is 0 Å². The number of Topliss-reactive ketones (excluding diaryl/α,β-unsaturated/α-hetero) is 1. The minimum atomic E-state index is -2.05. The Bertz CT molecular complexity index is 1630. The van der Waals surface area contributed by atoms with Crippen molar-refractivity contribution in [3.8, 4) is 23.3 Å². The van der Waals surface area contributed by atoms with E-state index in [2.05, 4.69) is 6.07 Å². The Balaban J connectivity index is 1.44. The monoisotopic (exact) mass is 622 g/mol. The van der Waals surface area contributed by atoms with E-state index in [9.17, 15) is 40.1 Å². The number of aliphatic hydroxyl groups excluding tert-OH is 1. The fourth-order valence-corrected chi connectivity index (χ4v) is 7.06. The summed E-state index contributed by atoms with van der Waals surface area (Å²) in [5, 5.41) is 55.4. The summed E-state index contributed by atoms with van der Waals surface area (Å²) in [5.74, 6) is -3.27. The molecule has 0 aromatic heterocycles. The number of methoxy groups -OCH3 is 1. The van der Waals surface area contributed by atoms with E-state index >= 15 is 0 Å². The van der Waals surface area contributed by atoms with Gasteiger partial charge in [-0.05, 0) is 19.9 Å². The first-order valence-corrected chi connectivity index (χ1v) is 14.7. The highest BCUT2D eigenvalue weighted by atomic mass is 16.7. The van der Waals surface area contributed by atoms with Gasteiger partial charge in [-0.3, -0.25) is 19.3 Å². The molecule has 2 aliphatic heterocycles. The van der Waals surface area contributed by atoms with Crippen molar-refractivity contribution in [2.45, 2.75) is 75.4 Å². The number of hydrogen-bond donors (Lipinski definition) is 4. The van der Waals surface area contributed by atoms with Crippen LogP contribution in [0.1, 0.15) is 75.8 Å². The Kier molecular flexibility index (Phi) is 7.93. The third-order valence-corrected chi connectivity index (χ3v) is 9.47. The second-order valence-electron chi connectivity index (χ2n) is 12.0. The molecule has 45 heavy (non-hydrogen) atoms. The fraction of sp³-hybridized carbons (Fsp3) is 0.500. The smallest absolute Gasteiger partial charge is 0.202 e. The number of hydrogen-bond acceptors (Lipinski definition) is 13. The predicted molar refractivity (Wildman–Crippen MR) is 153 cm³/mol. The summed E-state index contributed by atoms with van der Waals surface area (Å²) in [4.78, 5) is 42.1. The molecule has 2 saturated heterocycles. The first kappa shape index (κ1) is 31.1. The summed E-state index contributed by atoms with van der Waals surface area (Å²) in [6, 6.07) is 5.44. The van der Waals surface area contributed by atoms with Gasteiger partial charge in [0, 0.05) is 48.5 Å². The molecule has 0 amide bonds. The first-order chi connectivity index (χ1) is 21.4. The maximum Gasteiger partial charge on any atom is 0.202 e. The van der Waals surface area contributed by atoms with Crippen molar-refractivity contribution in [2.75, 3.05) is 26.9 Å². The summed E-state index contributed by atoms with van der Waals surface area (Å²) in [7, 11) is 1.34. The van der Waals surface area contributed by atoms with E-state index in [-0.39, 0.29) is 47.5 Å². The van der Waals surface area contributed by atoms with Crippen molar-refractivity contribution in [2.24, 2.45) is 0 Å². The highest BCUT2D eigenvalue weighted by molar-refractivity contribution is 6.31. The molecular formula is C32H34N2O11. The fourth-order valence-electron chi connectivity index (χ4n) is 7.06. The van der Waals surface area contributed by atoms with Crippen molar-refractivity contribution < 1.29 is 53.8 Å². The van der Waals surface area contributed by atoms with Crippen LogP contribution in [0.5, 0.6) is 17.2 Å². The normalized spacial score (nSPS) is 31.4. The predicted octanol–water partition coefficient (Wildman–Crippen LogP) is 1.29. The van der Waals surface area contributed by atoms with Crippen molar-refractivity contribution >= 4 is 17.3 Å². The molecule has 2 aromatic rings. The van der Waals surface area contributed by atoms with Gasteiger partial charge in [0.15, 0.2) is 17.9 Å². The molecule has 0 spiro atoms. The van der Waals surface area contributed by atoms with E-state index < -0.39 is 88.7 Å². The van der Waals surface area contributed by atoms with E-state index in [1.165, 1.54) is 32.2 Å². The number of benzene rings is 2. The van der Waals surface area contributed by atoms with Gasteiger partial charge in [0.1, 0.15) is 28.9 Å². The minimum absolute atomic E-state index is 0.0279. The largest absolute Gasteiger partial charge is 0.507 e. The van der Waals surface area contributed by atoms with Gasteiger partial charge in [-0.15, -0.1) is 0 Å². The summed E-state index contributed by atoms with van der Waals surface area (Å²) in [6.07, 6.45) is -4.80. The third kappa shape index (κ3) is 4.89. The number of morpholine rings is 1. The molecule has 4 aliphatic rings. The van der Waals surface area contributed by atoms with Crippen LogP contribution in [0.2, 0.25) is 0 Å². The second-order valence-corrected chi connectivity index (χ2v) is 12.0. The zero-order valence-corrected chi connectivity index (χ0v) is 25.0. The van der Waals surface area contributed by atoms with Crippen LogP contribution in [-0.4, -0.2) is 106 Å². The molecule has 13 nitrogen and oxygen atoms in total. The van der Waals surface area contributed by atoms with Crippen molar-refractivity contribution in [1.29, 1.82) is 5.26 Å². The highest BCUT2D eigenvalue weighted by Crippen LogP contribution is 2.52. The van der Waals surface area contributed by atoms with E-state index in [1.54, 1.807) is 6.92 Å². The van der Waals surface area contributed by atoms with Crippen LogP contribution in [0.3, 0.4) is 0 Å². The van der Waals surface area contributed by atoms with E-state index in [1.807, 2.05) is 4.90 Å². The number of rotatable bonds is 5. The van der Waals surface area contributed by atoms with E-state index in [0.717, 1.165) is 0 Å². The number of carbonyl (C=O) groups is 3. The van der Waals surface area contributed by atoms with Crippen LogP contribution in [-0.2, 0) is 25.4 Å². The van der Waals surface area contributed by atoms with E-state index in [4.69, 9.17) is 18.9 Å². The summed E-state index contributed by atoms with van der Waals surface area (Å²) < 4.78 is 23.1. The maximum atomic E-state index is 13.8. The molecule has 6 rings (SSSR count). The SMILES string of the molecule is COc1cccc2c1C(=O)c1c(O)c3c(c(O)c1C2=O)C[C@@](O)(C(C)=O)C[C@@H]3O[C@H]1CC(N2CCOCC2C#N)C(O)[C@H](C)O1. The molecule has 2 fully saturated rings. The van der Waals surface area contributed by atoms with Crippen LogP contribution in [0, 0.1) is 11.3 Å². The van der Waals surface area contributed by atoms with Gasteiger partial charge in [-0.25, -0.2) is 0 Å². The first-order valence-electron chi connectivity index (χ1n) is 14.7. The maximum absolute atomic E-state index is 13.8. The number of ether oxygens (including phenoxy) is 4. The Morgan fingerprint density at radius 1 is 1.16 bits per heavy atom. The van der Waals surface area contributed by atoms with Gasteiger partial charge in [-0.2, -0.15) is 5.26 Å². The molecule has 3 unspecified atom stereocenters. The topological polar surface area (TPSA) is 196 Å². The second kappa shape index (κ2) is 11.5. The number of nitriles is 1. The molecule has 2 heterocycles. The third-order valence-electron chi connectivity index (χ3n) is 9.47. The van der Waals surface area contributed by atoms with Crippen LogP contribution in [0.15, 0.2) is 18.2 Å². The zero-order chi connectivity index (χ0) is 32.4. The van der Waals surface area contributed by atoms with Gasteiger partial charge in [0.2, 0.25) is 5.78 Å². The lowest BCUT2D eigenvalue weighted by Gasteiger charge is -2.47. The standard InChI is InChI=1S/C32H34N2O11/c1-14-27(36)19(34-7-8-43-13-16(34)12-33)9-22(44-14)45-21-11-32(41,15(2)35)10-18-24(21)31(40)26-25(29(18)38)28(37)17-5-4-6-20(42-3)23(17)30(26)39/h4-6,14,16,19,21-22,27,36,38,40-41H,7-11,13H2,1-3H3/t14-,16?,19?,21-,22-,27?,32-/m0/s1. The van der Waals surface area contributed by atoms with Crippen molar-refractivity contribution in [3.63, 3.8) is 0 Å². The lowest BCUT2D eigenvalue weighted by molar-refractivity contribution is -0.262. The van der Waals surface area contributed by atoms with Crippen molar-refractivity contribution in [1.82, 2.24) is 4.90 Å². The Labute approximate surface area is 258 Å². The number of aliphatic hydroxyl groups is 2. The Hall–Kier alpha value is -3.90. The number of phenols is 2. The number of aromatic hydroxyl groups is 2. The molecule has 238 valence electrons. The summed E-state index contributed by atoms with van der Waals surface area (Å²) >= 11 is 0. The summed E-state index contributed by atoms with van der Waals surface area (Å²) in [5.41, 5.74) is -3.19. The lowest BCUT2D eigenvalue weighted by Crippen LogP contribution is -2.60. The molecule has 0 bridgehead atoms. The quantitative estimate of drug-likeness (QED) is 0.298. The van der Waals surface area contributed by atoms with Gasteiger partial charge in [-0.1, -0.05) is 12.1 Å². The zero-order valence-electron chi connectivity index (χ0n) is 25.0. The average molecular weight is 623 g/mol. The average Bonchev–Trinajstić information content (AvgIpc) is 3.02. The number of fused-ring (bicyclic) bond motifs is 3. The number of nitrogens with zero attached hydrogens (tertiary/aromatic N) is 2. The van der Waals surface area contributed by atoms with Gasteiger partial charge >= 0.3 is 0 Å². The molecular weight excluding hydrogens is 588 g/mol. The highest BCUT2D eigenvalue weighted by Gasteiger charge is 2.50. The molecule has 0 saturated carbocycles. The molecule has 2 aliphatic carbocycles. The van der Waals surface area contributed by atoms with E-state index in [0.29, 0.717) is 13.2 Å². The van der Waals surface area contributed by atoms with Crippen LogP contribution in [0.4, 0.5) is 0 Å². The molecule has 13 heteroatoms. The summed E-state index contributed by atoms with van der Waals surface area (Å²) in [6.45, 7) is 3.74. The lowest BCUT2D eigenvalue weighted by atomic mass is 9.72. The molecule has 0 radical (unpaired) electrons. The molecule has 7 atom stereocenters. The van der Waals surface area contributed by atoms with Crippen molar-refractivity contribution in [3.05, 3.63) is 51.6 Å². The Morgan fingerprint density at radius 2 is 1.89 bits per heavy atom. The Morgan fingerprint density at radius 3 is 2.58 bits per heavy atom. The van der Waals surface area contributed by atoms with Crippen LogP contribution < -0.4 is 4.74 Å².